The fourth-order valence-corrected chi connectivity index (χ4v) is 4.89. The van der Waals surface area contributed by atoms with E-state index in [1.165, 1.54) is 17.4 Å². The molecule has 3 heterocycles. The summed E-state index contributed by atoms with van der Waals surface area (Å²) in [4.78, 5) is 13.5. The zero-order valence-corrected chi connectivity index (χ0v) is 18.7. The number of alkyl halides is 3. The van der Waals surface area contributed by atoms with Crippen molar-refractivity contribution in [1.29, 1.82) is 0 Å². The van der Waals surface area contributed by atoms with E-state index >= 15 is 0 Å². The summed E-state index contributed by atoms with van der Waals surface area (Å²) in [5, 5.41) is 11.7. The molecule has 2 aromatic heterocycles. The van der Waals surface area contributed by atoms with Crippen LogP contribution < -0.4 is 10.6 Å². The van der Waals surface area contributed by atoms with Gasteiger partial charge >= 0.3 is 6.18 Å². The maximum atomic E-state index is 13.8. The van der Waals surface area contributed by atoms with Gasteiger partial charge in [0, 0.05) is 11.3 Å². The summed E-state index contributed by atoms with van der Waals surface area (Å²) in [5.74, 6) is -0.632. The normalized spacial score (nSPS) is 18.6. The maximum absolute atomic E-state index is 13.8. The summed E-state index contributed by atoms with van der Waals surface area (Å²) in [6.45, 7) is 0. The highest BCUT2D eigenvalue weighted by atomic mass is 79.9. The third kappa shape index (κ3) is 3.93. The molecule has 1 amide bonds. The van der Waals surface area contributed by atoms with Gasteiger partial charge in [0.2, 0.25) is 0 Å². The number of amides is 1. The van der Waals surface area contributed by atoms with E-state index in [-0.39, 0.29) is 38.1 Å². The highest BCUT2D eigenvalue weighted by Gasteiger charge is 2.48. The molecule has 0 spiro atoms. The van der Waals surface area contributed by atoms with Crippen molar-refractivity contribution in [2.24, 2.45) is 0 Å². The summed E-state index contributed by atoms with van der Waals surface area (Å²) in [6, 6.07) is 5.77. The van der Waals surface area contributed by atoms with Gasteiger partial charge in [0.25, 0.3) is 5.91 Å². The number of carbonyl (C=O) groups excluding carboxylic acids is 1. The van der Waals surface area contributed by atoms with Gasteiger partial charge in [-0.15, -0.1) is 11.3 Å². The zero-order chi connectivity index (χ0) is 21.6. The fourth-order valence-electron chi connectivity index (χ4n) is 3.19. The van der Waals surface area contributed by atoms with Gasteiger partial charge in [-0.3, -0.25) is 4.79 Å². The van der Waals surface area contributed by atoms with E-state index in [2.05, 4.69) is 31.7 Å². The molecule has 30 heavy (non-hydrogen) atoms. The highest BCUT2D eigenvalue weighted by Crippen LogP contribution is 2.47. The summed E-state index contributed by atoms with van der Waals surface area (Å²) in [6.07, 6.45) is -4.78. The molecule has 1 aromatic carbocycles. The summed E-state index contributed by atoms with van der Waals surface area (Å²) in [5.41, 5.74) is 0.0263. The lowest BCUT2D eigenvalue weighted by Gasteiger charge is -2.33. The lowest BCUT2D eigenvalue weighted by atomic mass is 10.0. The number of hydrogen-bond donors (Lipinski definition) is 2. The number of hydrogen-bond acceptors (Lipinski definition) is 4. The van der Waals surface area contributed by atoms with Crippen molar-refractivity contribution in [2.45, 2.75) is 24.7 Å². The van der Waals surface area contributed by atoms with Crippen molar-refractivity contribution in [1.82, 2.24) is 9.78 Å². The Morgan fingerprint density at radius 2 is 2.07 bits per heavy atom. The topological polar surface area (TPSA) is 59.0 Å². The van der Waals surface area contributed by atoms with Gasteiger partial charge in [-0.2, -0.15) is 18.3 Å². The number of benzene rings is 1. The van der Waals surface area contributed by atoms with E-state index in [0.29, 0.717) is 0 Å². The quantitative estimate of drug-likeness (QED) is 0.379. The minimum Gasteiger partial charge on any atom is -0.362 e. The first-order valence-corrected chi connectivity index (χ1v) is 11.0. The van der Waals surface area contributed by atoms with Crippen LogP contribution in [0.3, 0.4) is 0 Å². The summed E-state index contributed by atoms with van der Waals surface area (Å²) >= 11 is 16.6. The predicted molar refractivity (Wildman–Crippen MR) is 115 cm³/mol. The fraction of sp³-hybridized carbons (Fsp3) is 0.222. The van der Waals surface area contributed by atoms with E-state index in [9.17, 15) is 18.0 Å². The molecular formula is C18H12BrCl2F3N4OS. The summed E-state index contributed by atoms with van der Waals surface area (Å²) in [7, 11) is 0. The SMILES string of the molecule is O=C(Nc1cccc(Cl)c1Cl)c1nn2c(c1Br)N[C@H](c1cccs1)C[C@H]2C(F)(F)F. The largest absolute Gasteiger partial charge is 0.410 e. The van der Waals surface area contributed by atoms with Gasteiger partial charge in [0.05, 0.1) is 26.2 Å². The Morgan fingerprint density at radius 1 is 1.30 bits per heavy atom. The van der Waals surface area contributed by atoms with Crippen LogP contribution in [0.1, 0.15) is 33.9 Å². The molecule has 0 fully saturated rings. The van der Waals surface area contributed by atoms with Crippen molar-refractivity contribution in [3.05, 3.63) is 60.8 Å². The molecule has 1 aliphatic heterocycles. The Hall–Kier alpha value is -1.75. The van der Waals surface area contributed by atoms with Crippen LogP contribution >= 0.6 is 50.5 Å². The van der Waals surface area contributed by atoms with Crippen molar-refractivity contribution >= 4 is 67.9 Å². The van der Waals surface area contributed by atoms with E-state index < -0.39 is 24.2 Å². The predicted octanol–water partition coefficient (Wildman–Crippen LogP) is 6.93. The van der Waals surface area contributed by atoms with Crippen molar-refractivity contribution in [3.8, 4) is 0 Å². The Kier molecular flexibility index (Phi) is 5.78. The molecule has 2 atom stereocenters. The second kappa shape index (κ2) is 8.07. The number of carbonyl (C=O) groups is 1. The lowest BCUT2D eigenvalue weighted by Crippen LogP contribution is -2.35. The average Bonchev–Trinajstić information content (AvgIpc) is 3.32. The molecule has 2 N–H and O–H groups in total. The van der Waals surface area contributed by atoms with E-state index in [1.807, 2.05) is 0 Å². The number of halogens is 6. The molecule has 5 nitrogen and oxygen atoms in total. The first-order chi connectivity index (χ1) is 14.2. The Bertz CT molecular complexity index is 1100. The molecule has 0 aliphatic carbocycles. The number of rotatable bonds is 3. The smallest absolute Gasteiger partial charge is 0.362 e. The van der Waals surface area contributed by atoms with Crippen LogP contribution in [0.2, 0.25) is 10.0 Å². The van der Waals surface area contributed by atoms with Gasteiger partial charge in [-0.1, -0.05) is 35.3 Å². The molecule has 158 valence electrons. The Labute approximate surface area is 191 Å². The first-order valence-electron chi connectivity index (χ1n) is 8.57. The average molecular weight is 540 g/mol. The van der Waals surface area contributed by atoms with E-state index in [4.69, 9.17) is 23.2 Å². The second-order valence-electron chi connectivity index (χ2n) is 6.52. The molecular weight excluding hydrogens is 528 g/mol. The van der Waals surface area contributed by atoms with Crippen LogP contribution in [0, 0.1) is 0 Å². The van der Waals surface area contributed by atoms with Crippen LogP contribution in [0.25, 0.3) is 0 Å². The first kappa shape index (κ1) is 21.5. The van der Waals surface area contributed by atoms with Gasteiger partial charge in [0.15, 0.2) is 11.7 Å². The summed E-state index contributed by atoms with van der Waals surface area (Å²) < 4.78 is 42.3. The molecule has 0 saturated carbocycles. The molecule has 12 heteroatoms. The molecule has 3 aromatic rings. The Balaban J connectivity index is 1.71. The highest BCUT2D eigenvalue weighted by molar-refractivity contribution is 9.10. The van der Waals surface area contributed by atoms with Crippen molar-refractivity contribution < 1.29 is 18.0 Å². The number of anilines is 2. The van der Waals surface area contributed by atoms with Crippen LogP contribution in [0.4, 0.5) is 24.7 Å². The van der Waals surface area contributed by atoms with Crippen LogP contribution in [0.15, 0.2) is 40.2 Å². The molecule has 1 aliphatic rings. The molecule has 4 rings (SSSR count). The third-order valence-electron chi connectivity index (χ3n) is 4.60. The number of aromatic nitrogens is 2. The van der Waals surface area contributed by atoms with Crippen LogP contribution in [-0.4, -0.2) is 21.9 Å². The number of nitrogens with one attached hydrogen (secondary N) is 2. The Morgan fingerprint density at radius 3 is 2.73 bits per heavy atom. The number of nitrogens with zero attached hydrogens (tertiary/aromatic N) is 2. The van der Waals surface area contributed by atoms with Gasteiger partial charge in [0.1, 0.15) is 5.82 Å². The number of thiophene rings is 1. The standard InChI is InChI=1S/C18H12BrCl2F3N4OS/c19-13-15(17(29)26-9-4-1-3-8(20)14(9)21)27-28-12(18(22,23)24)7-10(25-16(13)28)11-5-2-6-30-11/h1-6,10,12,25H,7H2,(H,26,29)/t10-,12-/m0/s1. The van der Waals surface area contributed by atoms with Gasteiger partial charge < -0.3 is 10.6 Å². The number of fused-ring (bicyclic) bond motifs is 1. The van der Waals surface area contributed by atoms with E-state index in [1.54, 1.807) is 29.6 Å². The second-order valence-corrected chi connectivity index (χ2v) is 9.07. The van der Waals surface area contributed by atoms with Crippen LogP contribution in [-0.2, 0) is 0 Å². The van der Waals surface area contributed by atoms with Gasteiger partial charge in [-0.25, -0.2) is 4.68 Å². The minimum absolute atomic E-state index is 0.0873. The van der Waals surface area contributed by atoms with Gasteiger partial charge in [-0.05, 0) is 39.5 Å². The molecule has 0 saturated heterocycles. The molecule has 0 unspecified atom stereocenters. The molecule has 0 bridgehead atoms. The monoisotopic (exact) mass is 538 g/mol. The van der Waals surface area contributed by atoms with Crippen molar-refractivity contribution in [2.75, 3.05) is 10.6 Å². The van der Waals surface area contributed by atoms with Crippen LogP contribution in [0.5, 0.6) is 0 Å². The maximum Gasteiger partial charge on any atom is 0.410 e. The third-order valence-corrected chi connectivity index (χ3v) is 7.15. The van der Waals surface area contributed by atoms with Crippen molar-refractivity contribution in [3.63, 3.8) is 0 Å². The minimum atomic E-state index is -4.54. The lowest BCUT2D eigenvalue weighted by molar-refractivity contribution is -0.173. The van der Waals surface area contributed by atoms with E-state index in [0.717, 1.165) is 9.56 Å². The zero-order valence-electron chi connectivity index (χ0n) is 14.8. The molecule has 0 radical (unpaired) electrons.